The van der Waals surface area contributed by atoms with Crippen molar-refractivity contribution in [2.45, 2.75) is 93.5 Å². The van der Waals surface area contributed by atoms with Crippen molar-refractivity contribution >= 4 is 66.5 Å². The van der Waals surface area contributed by atoms with Crippen molar-refractivity contribution in [1.29, 1.82) is 0 Å². The van der Waals surface area contributed by atoms with E-state index in [-0.39, 0.29) is 36.2 Å². The molecule has 9 rings (SSSR count). The van der Waals surface area contributed by atoms with E-state index in [2.05, 4.69) is 26.0 Å². The number of methoxy groups -OCH3 is 1. The number of aromatic nitrogens is 2. The monoisotopic (exact) mass is 904 g/mol. The van der Waals surface area contributed by atoms with E-state index in [1.165, 1.54) is 22.3 Å². The minimum absolute atomic E-state index is 0.0577. The largest absolute Gasteiger partial charge is 0.497 e. The van der Waals surface area contributed by atoms with Gasteiger partial charge in [-0.2, -0.15) is 0 Å². The van der Waals surface area contributed by atoms with Gasteiger partial charge in [-0.25, -0.2) is 23.1 Å². The summed E-state index contributed by atoms with van der Waals surface area (Å²) in [5.41, 5.74) is 2.51. The molecule has 1 unspecified atom stereocenters. The van der Waals surface area contributed by atoms with Crippen molar-refractivity contribution in [1.82, 2.24) is 24.9 Å². The Balaban J connectivity index is 1.03. The highest BCUT2D eigenvalue weighted by Crippen LogP contribution is 2.46. The molecule has 5 N–H and O–H groups in total. The standard InChI is InChI=1S/C47H52N8O7S2/c1-28(2)49-46-52-39(27-63-46)37-24-41(33-19-18-31(61-3)22-36(33)51-37)62-32-23-40(55(26-32)44(57)38-21-29-13-8-9-15-34(29)50-38)43(56)53-47-25-30(47)14-7-5-4-6-12-20-48-35-16-10-11-17-42(35)64(59,60)54-45(47)58/h7-11,13-19,22,24,27-28,30,32,38,40,48,50H,4-6,12,20-21,23,25-26H2,1-3H3,(H,49,52)(H,53,56)(H,54,58)/b14-7-/t30-,32-,38?,40+,47-/m1/s1. The maximum Gasteiger partial charge on any atom is 0.266 e. The lowest BCUT2D eigenvalue weighted by Crippen LogP contribution is -2.57. The highest BCUT2D eigenvalue weighted by Gasteiger charge is 2.62. The second kappa shape index (κ2) is 17.8. The van der Waals surface area contributed by atoms with Gasteiger partial charge >= 0.3 is 0 Å². The van der Waals surface area contributed by atoms with E-state index >= 15 is 0 Å². The highest BCUT2D eigenvalue weighted by molar-refractivity contribution is 7.90. The number of carbonyl (C=O) groups excluding carboxylic acids is 3. The molecule has 15 nitrogen and oxygen atoms in total. The molecule has 3 aromatic carbocycles. The molecule has 334 valence electrons. The SMILES string of the molecule is COc1ccc2c(O[C@@H]3C[C@@H](C(=O)N[C@]45C[C@H]4/C=C\CCCCCNc4ccccc4S(=O)(=O)NC5=O)N(C(=O)C4Cc5ccccc5N4)C3)cc(-c3csc(NC(C)C)n3)nc2c1. The van der Waals surface area contributed by atoms with Gasteiger partial charge in [0.15, 0.2) is 5.13 Å². The van der Waals surface area contributed by atoms with E-state index in [1.54, 1.807) is 25.3 Å². The van der Waals surface area contributed by atoms with E-state index in [9.17, 15) is 22.8 Å². The number of hydrogen-bond donors (Lipinski definition) is 5. The van der Waals surface area contributed by atoms with Crippen LogP contribution in [-0.2, 0) is 30.8 Å². The van der Waals surface area contributed by atoms with Crippen LogP contribution in [0, 0.1) is 5.92 Å². The number of sulfonamides is 1. The second-order valence-electron chi connectivity index (χ2n) is 17.2. The van der Waals surface area contributed by atoms with Crippen LogP contribution in [0.3, 0.4) is 0 Å². The molecule has 0 bridgehead atoms. The van der Waals surface area contributed by atoms with Crippen LogP contribution in [0.15, 0.2) is 95.2 Å². The fourth-order valence-corrected chi connectivity index (χ4v) is 11.0. The third-order valence-electron chi connectivity index (χ3n) is 12.3. The van der Waals surface area contributed by atoms with Gasteiger partial charge in [0.2, 0.25) is 11.8 Å². The number of thiazole rings is 1. The zero-order valence-electron chi connectivity index (χ0n) is 35.9. The topological polar surface area (TPSA) is 193 Å². The Morgan fingerprint density at radius 3 is 2.61 bits per heavy atom. The number of fused-ring (bicyclic) bond motifs is 4. The molecule has 3 aliphatic heterocycles. The summed E-state index contributed by atoms with van der Waals surface area (Å²) in [5, 5.41) is 16.3. The van der Waals surface area contributed by atoms with Crippen molar-refractivity contribution in [3.8, 4) is 22.9 Å². The molecule has 5 aromatic rings. The van der Waals surface area contributed by atoms with Crippen LogP contribution in [-0.4, -0.2) is 91.0 Å². The number of amides is 3. The molecule has 17 heteroatoms. The average molecular weight is 905 g/mol. The molecule has 3 amide bonds. The number of rotatable bonds is 9. The summed E-state index contributed by atoms with van der Waals surface area (Å²) in [6.07, 6.45) is 7.42. The first-order valence-corrected chi connectivity index (χ1v) is 24.2. The Bertz CT molecular complexity index is 2720. The van der Waals surface area contributed by atoms with Gasteiger partial charge in [-0.05, 0) is 75.4 Å². The number of para-hydroxylation sites is 2. The Kier molecular flexibility index (Phi) is 11.9. The van der Waals surface area contributed by atoms with E-state index in [4.69, 9.17) is 19.4 Å². The summed E-state index contributed by atoms with van der Waals surface area (Å²) < 4.78 is 42.4. The molecule has 2 aromatic heterocycles. The van der Waals surface area contributed by atoms with Crippen molar-refractivity contribution in [2.75, 3.05) is 36.1 Å². The van der Waals surface area contributed by atoms with Gasteiger partial charge in [0, 0.05) is 59.9 Å². The number of benzene rings is 3. The van der Waals surface area contributed by atoms with Crippen LogP contribution in [0.25, 0.3) is 22.3 Å². The third kappa shape index (κ3) is 8.82. The molecule has 0 radical (unpaired) electrons. The number of nitrogens with one attached hydrogen (secondary N) is 5. The van der Waals surface area contributed by atoms with Crippen LogP contribution in [0.1, 0.15) is 57.9 Å². The predicted molar refractivity (Wildman–Crippen MR) is 247 cm³/mol. The van der Waals surface area contributed by atoms with Gasteiger partial charge in [0.25, 0.3) is 15.9 Å². The minimum Gasteiger partial charge on any atom is -0.497 e. The average Bonchev–Trinajstić information content (AvgIpc) is 3.64. The first-order valence-electron chi connectivity index (χ1n) is 21.8. The molecule has 4 aliphatic rings. The Morgan fingerprint density at radius 2 is 1.80 bits per heavy atom. The van der Waals surface area contributed by atoms with Crippen LogP contribution < -0.4 is 35.5 Å². The van der Waals surface area contributed by atoms with Crippen LogP contribution in [0.2, 0.25) is 0 Å². The third-order valence-corrected chi connectivity index (χ3v) is 14.4. The van der Waals surface area contributed by atoms with E-state index < -0.39 is 51.5 Å². The summed E-state index contributed by atoms with van der Waals surface area (Å²) in [6, 6.07) is 20.0. The fourth-order valence-electron chi connectivity index (χ4n) is 8.89. The lowest BCUT2D eigenvalue weighted by Gasteiger charge is -2.28. The maximum absolute atomic E-state index is 14.8. The maximum atomic E-state index is 14.8. The Hall–Kier alpha value is -6.20. The summed E-state index contributed by atoms with van der Waals surface area (Å²) in [4.78, 5) is 55.0. The number of hydrogen-bond acceptors (Lipinski definition) is 13. The fraction of sp³-hybridized carbons (Fsp3) is 0.383. The molecule has 64 heavy (non-hydrogen) atoms. The highest BCUT2D eigenvalue weighted by atomic mass is 32.2. The number of anilines is 3. The van der Waals surface area contributed by atoms with Crippen LogP contribution >= 0.6 is 11.3 Å². The second-order valence-corrected chi connectivity index (χ2v) is 19.7. The molecule has 5 atom stereocenters. The smallest absolute Gasteiger partial charge is 0.266 e. The quantitative estimate of drug-likeness (QED) is 0.101. The van der Waals surface area contributed by atoms with Crippen molar-refractivity contribution in [2.24, 2.45) is 5.92 Å². The number of likely N-dealkylation sites (tertiary alicyclic amines) is 1. The van der Waals surface area contributed by atoms with Gasteiger partial charge < -0.3 is 35.6 Å². The molecule has 1 aliphatic carbocycles. The van der Waals surface area contributed by atoms with E-state index in [0.717, 1.165) is 42.1 Å². The molecular formula is C47H52N8O7S2. The lowest BCUT2D eigenvalue weighted by atomic mass is 10.1. The van der Waals surface area contributed by atoms with Crippen molar-refractivity contribution in [3.63, 3.8) is 0 Å². The van der Waals surface area contributed by atoms with Gasteiger partial charge in [0.1, 0.15) is 45.8 Å². The Morgan fingerprint density at radius 1 is 0.984 bits per heavy atom. The number of carbonyl (C=O) groups is 3. The summed E-state index contributed by atoms with van der Waals surface area (Å²) in [6.45, 7) is 4.73. The van der Waals surface area contributed by atoms with Gasteiger partial charge in [-0.1, -0.05) is 48.9 Å². The zero-order valence-corrected chi connectivity index (χ0v) is 37.6. The van der Waals surface area contributed by atoms with E-state index in [1.807, 2.05) is 79.9 Å². The number of nitrogens with zero attached hydrogens (tertiary/aromatic N) is 3. The molecule has 1 saturated heterocycles. The molecule has 2 fully saturated rings. The van der Waals surface area contributed by atoms with Crippen molar-refractivity contribution in [3.05, 3.63) is 95.9 Å². The van der Waals surface area contributed by atoms with E-state index in [0.29, 0.717) is 52.4 Å². The lowest BCUT2D eigenvalue weighted by molar-refractivity contribution is -0.140. The summed E-state index contributed by atoms with van der Waals surface area (Å²) in [5.74, 6) is -1.06. The summed E-state index contributed by atoms with van der Waals surface area (Å²) >= 11 is 1.47. The Labute approximate surface area is 376 Å². The number of ether oxygens (including phenoxy) is 2. The number of allylic oxidation sites excluding steroid dienone is 1. The minimum atomic E-state index is -4.35. The molecule has 1 saturated carbocycles. The summed E-state index contributed by atoms with van der Waals surface area (Å²) in [7, 11) is -2.77. The van der Waals surface area contributed by atoms with Gasteiger partial charge in [-0.15, -0.1) is 11.3 Å². The van der Waals surface area contributed by atoms with Gasteiger partial charge in [0.05, 0.1) is 30.6 Å². The molecule has 5 heterocycles. The first kappa shape index (κ1) is 43.1. The number of pyridine rings is 1. The molecule has 0 spiro atoms. The van der Waals surface area contributed by atoms with Crippen LogP contribution in [0.5, 0.6) is 11.5 Å². The molecular weight excluding hydrogens is 853 g/mol. The zero-order chi connectivity index (χ0) is 44.6. The van der Waals surface area contributed by atoms with Crippen molar-refractivity contribution < 1.29 is 32.3 Å². The van der Waals surface area contributed by atoms with Gasteiger partial charge in [-0.3, -0.25) is 14.4 Å². The normalized spacial score (nSPS) is 24.4. The predicted octanol–water partition coefficient (Wildman–Crippen LogP) is 6.49. The van der Waals surface area contributed by atoms with Crippen LogP contribution in [0.4, 0.5) is 16.5 Å². The first-order chi connectivity index (χ1) is 30.9.